The lowest BCUT2D eigenvalue weighted by atomic mass is 9.79. The number of hydrogen-bond donors (Lipinski definition) is 2. The molecule has 1 aromatic carbocycles. The van der Waals surface area contributed by atoms with Crippen molar-refractivity contribution >= 4 is 10.9 Å². The first-order valence-corrected chi connectivity index (χ1v) is 6.62. The van der Waals surface area contributed by atoms with E-state index < -0.39 is 0 Å². The average Bonchev–Trinajstić information content (AvgIpc) is 2.76. The minimum absolute atomic E-state index is 0.479. The SMILES string of the molecule is CNC1Cc2c[nH]c3cccc(c23)C1C=C(C)C. The highest BCUT2D eigenvalue weighted by molar-refractivity contribution is 5.88. The van der Waals surface area contributed by atoms with Crippen molar-refractivity contribution in [2.24, 2.45) is 0 Å². The number of H-pyrrole nitrogens is 1. The molecule has 0 amide bonds. The molecule has 1 aromatic heterocycles. The molecule has 1 heterocycles. The van der Waals surface area contributed by atoms with Gasteiger partial charge in [-0.25, -0.2) is 0 Å². The van der Waals surface area contributed by atoms with E-state index in [1.807, 2.05) is 0 Å². The van der Waals surface area contributed by atoms with Crippen LogP contribution in [-0.2, 0) is 6.42 Å². The molecule has 2 N–H and O–H groups in total. The Hall–Kier alpha value is -1.54. The summed E-state index contributed by atoms with van der Waals surface area (Å²) in [5, 5.41) is 4.91. The van der Waals surface area contributed by atoms with E-state index >= 15 is 0 Å². The van der Waals surface area contributed by atoms with Crippen molar-refractivity contribution in [2.75, 3.05) is 7.05 Å². The van der Waals surface area contributed by atoms with Crippen LogP contribution in [0.4, 0.5) is 0 Å². The quantitative estimate of drug-likeness (QED) is 0.774. The molecule has 0 spiro atoms. The van der Waals surface area contributed by atoms with Gasteiger partial charge in [0.2, 0.25) is 0 Å². The monoisotopic (exact) mass is 240 g/mol. The molecular formula is C16H20N2. The third-order valence-electron chi connectivity index (χ3n) is 3.94. The number of hydrogen-bond acceptors (Lipinski definition) is 1. The average molecular weight is 240 g/mol. The molecule has 0 fully saturated rings. The Labute approximate surface area is 108 Å². The van der Waals surface area contributed by atoms with Crippen molar-refractivity contribution in [1.82, 2.24) is 10.3 Å². The van der Waals surface area contributed by atoms with Crippen LogP contribution in [0.25, 0.3) is 10.9 Å². The number of aromatic nitrogens is 1. The molecule has 0 radical (unpaired) electrons. The van der Waals surface area contributed by atoms with E-state index in [1.54, 1.807) is 0 Å². The van der Waals surface area contributed by atoms with Crippen LogP contribution >= 0.6 is 0 Å². The van der Waals surface area contributed by atoms with E-state index in [1.165, 1.54) is 27.6 Å². The predicted octanol–water partition coefficient (Wildman–Crippen LogP) is 3.36. The van der Waals surface area contributed by atoms with E-state index in [-0.39, 0.29) is 0 Å². The Morgan fingerprint density at radius 3 is 2.94 bits per heavy atom. The fourth-order valence-electron chi connectivity index (χ4n) is 3.15. The van der Waals surface area contributed by atoms with Gasteiger partial charge in [0.1, 0.15) is 0 Å². The van der Waals surface area contributed by atoms with Crippen molar-refractivity contribution in [3.63, 3.8) is 0 Å². The number of aromatic amines is 1. The highest BCUT2D eigenvalue weighted by Gasteiger charge is 2.28. The molecule has 0 saturated heterocycles. The molecule has 1 aliphatic carbocycles. The normalized spacial score (nSPS) is 22.2. The van der Waals surface area contributed by atoms with Crippen LogP contribution in [0, 0.1) is 0 Å². The lowest BCUT2D eigenvalue weighted by Crippen LogP contribution is -2.35. The van der Waals surface area contributed by atoms with Crippen LogP contribution in [0.1, 0.15) is 30.9 Å². The van der Waals surface area contributed by atoms with Crippen molar-refractivity contribution in [2.45, 2.75) is 32.2 Å². The van der Waals surface area contributed by atoms with E-state index in [2.05, 4.69) is 61.7 Å². The lowest BCUT2D eigenvalue weighted by Gasteiger charge is -2.30. The van der Waals surface area contributed by atoms with Gasteiger partial charge in [-0.05, 0) is 44.5 Å². The van der Waals surface area contributed by atoms with Gasteiger partial charge in [-0.3, -0.25) is 0 Å². The van der Waals surface area contributed by atoms with Crippen molar-refractivity contribution in [3.8, 4) is 0 Å². The molecule has 2 heteroatoms. The van der Waals surface area contributed by atoms with Gasteiger partial charge in [-0.2, -0.15) is 0 Å². The summed E-state index contributed by atoms with van der Waals surface area (Å²) in [7, 11) is 2.06. The van der Waals surface area contributed by atoms with Crippen molar-refractivity contribution < 1.29 is 0 Å². The molecular weight excluding hydrogens is 220 g/mol. The van der Waals surface area contributed by atoms with Gasteiger partial charge in [-0.15, -0.1) is 0 Å². The van der Waals surface area contributed by atoms with Gasteiger partial charge >= 0.3 is 0 Å². The van der Waals surface area contributed by atoms with Crippen LogP contribution in [0.15, 0.2) is 36.0 Å². The standard InChI is InChI=1S/C16H20N2/c1-10(2)7-13-12-5-4-6-14-16(12)11(9-18-14)8-15(13)17-3/h4-7,9,13,15,17-18H,8H2,1-3H3. The summed E-state index contributed by atoms with van der Waals surface area (Å²) in [5.74, 6) is 0.479. The molecule has 0 bridgehead atoms. The lowest BCUT2D eigenvalue weighted by molar-refractivity contribution is 0.505. The number of rotatable bonds is 2. The maximum absolute atomic E-state index is 3.47. The maximum atomic E-state index is 3.47. The minimum Gasteiger partial charge on any atom is -0.361 e. The van der Waals surface area contributed by atoms with Crippen LogP contribution in [0.2, 0.25) is 0 Å². The second-order valence-corrected chi connectivity index (χ2v) is 5.45. The van der Waals surface area contributed by atoms with E-state index in [9.17, 15) is 0 Å². The largest absolute Gasteiger partial charge is 0.361 e. The fourth-order valence-corrected chi connectivity index (χ4v) is 3.15. The zero-order valence-corrected chi connectivity index (χ0v) is 11.2. The van der Waals surface area contributed by atoms with Gasteiger partial charge in [-0.1, -0.05) is 23.8 Å². The summed E-state index contributed by atoms with van der Waals surface area (Å²) in [4.78, 5) is 3.39. The first kappa shape index (κ1) is 11.5. The topological polar surface area (TPSA) is 27.8 Å². The Kier molecular flexibility index (Phi) is 2.75. The molecule has 2 atom stereocenters. The molecule has 2 aromatic rings. The highest BCUT2D eigenvalue weighted by Crippen LogP contribution is 2.37. The molecule has 18 heavy (non-hydrogen) atoms. The predicted molar refractivity (Wildman–Crippen MR) is 77.0 cm³/mol. The molecule has 0 saturated carbocycles. The summed E-state index contributed by atoms with van der Waals surface area (Å²) in [6.07, 6.45) is 5.66. The summed E-state index contributed by atoms with van der Waals surface area (Å²) in [6.45, 7) is 4.36. The summed E-state index contributed by atoms with van der Waals surface area (Å²) < 4.78 is 0. The second-order valence-electron chi connectivity index (χ2n) is 5.45. The van der Waals surface area contributed by atoms with Gasteiger partial charge in [0.25, 0.3) is 0 Å². The van der Waals surface area contributed by atoms with Crippen molar-refractivity contribution in [1.29, 1.82) is 0 Å². The third-order valence-corrected chi connectivity index (χ3v) is 3.94. The van der Waals surface area contributed by atoms with Crippen LogP contribution in [0.3, 0.4) is 0 Å². The van der Waals surface area contributed by atoms with Gasteiger partial charge in [0.05, 0.1) is 0 Å². The third kappa shape index (κ3) is 1.68. The maximum Gasteiger partial charge on any atom is 0.0459 e. The Balaban J connectivity index is 2.22. The summed E-state index contributed by atoms with van der Waals surface area (Å²) >= 11 is 0. The molecule has 3 rings (SSSR count). The van der Waals surface area contributed by atoms with Crippen LogP contribution in [-0.4, -0.2) is 18.1 Å². The summed E-state index contributed by atoms with van der Waals surface area (Å²) in [6, 6.07) is 7.09. The molecule has 2 nitrogen and oxygen atoms in total. The Morgan fingerprint density at radius 2 is 2.22 bits per heavy atom. The molecule has 94 valence electrons. The Morgan fingerprint density at radius 1 is 1.39 bits per heavy atom. The van der Waals surface area contributed by atoms with Gasteiger partial charge < -0.3 is 10.3 Å². The number of benzene rings is 1. The van der Waals surface area contributed by atoms with E-state index in [4.69, 9.17) is 0 Å². The van der Waals surface area contributed by atoms with Crippen molar-refractivity contribution in [3.05, 3.63) is 47.2 Å². The first-order chi connectivity index (χ1) is 8.70. The summed E-state index contributed by atoms with van der Waals surface area (Å²) in [5.41, 5.74) is 5.55. The number of allylic oxidation sites excluding steroid dienone is 1. The van der Waals surface area contributed by atoms with E-state index in [0.717, 1.165) is 6.42 Å². The van der Waals surface area contributed by atoms with Crippen LogP contribution < -0.4 is 5.32 Å². The zero-order chi connectivity index (χ0) is 12.7. The van der Waals surface area contributed by atoms with Gasteiger partial charge in [0, 0.05) is 29.1 Å². The zero-order valence-electron chi connectivity index (χ0n) is 11.2. The number of likely N-dealkylation sites (N-methyl/N-ethyl adjacent to an activating group) is 1. The highest BCUT2D eigenvalue weighted by atomic mass is 14.9. The second kappa shape index (κ2) is 4.29. The minimum atomic E-state index is 0.479. The molecule has 2 unspecified atom stereocenters. The van der Waals surface area contributed by atoms with E-state index in [0.29, 0.717) is 12.0 Å². The number of nitrogens with one attached hydrogen (secondary N) is 2. The smallest absolute Gasteiger partial charge is 0.0459 e. The first-order valence-electron chi connectivity index (χ1n) is 6.62. The van der Waals surface area contributed by atoms with Gasteiger partial charge in [0.15, 0.2) is 0 Å². The fraction of sp³-hybridized carbons (Fsp3) is 0.375. The molecule has 1 aliphatic rings. The van der Waals surface area contributed by atoms with Crippen LogP contribution in [0.5, 0.6) is 0 Å². The Bertz CT molecular complexity index is 603. The molecule has 0 aliphatic heterocycles.